The molecular formula is C24H25ClN2O5S. The molecule has 0 aliphatic heterocycles. The first-order valence-corrected chi connectivity index (χ1v) is 11.9. The molecule has 1 amide bonds. The van der Waals surface area contributed by atoms with E-state index in [4.69, 9.17) is 21.1 Å². The highest BCUT2D eigenvalue weighted by molar-refractivity contribution is 7.92. The van der Waals surface area contributed by atoms with Crippen molar-refractivity contribution < 1.29 is 22.7 Å². The molecule has 174 valence electrons. The first kappa shape index (κ1) is 24.4. The summed E-state index contributed by atoms with van der Waals surface area (Å²) in [6, 6.07) is 17.9. The van der Waals surface area contributed by atoms with Crippen LogP contribution in [-0.2, 0) is 10.0 Å². The van der Waals surface area contributed by atoms with Gasteiger partial charge in [-0.3, -0.25) is 9.10 Å². The second kappa shape index (κ2) is 10.1. The number of benzene rings is 3. The summed E-state index contributed by atoms with van der Waals surface area (Å²) >= 11 is 6.31. The minimum atomic E-state index is -3.92. The smallest absolute Gasteiger partial charge is 0.264 e. The molecule has 0 aliphatic carbocycles. The topological polar surface area (TPSA) is 76.2 Å². The molecule has 0 aromatic heterocycles. The lowest BCUT2D eigenvalue weighted by molar-refractivity contribution is 0.0993. The Balaban J connectivity index is 1.99. The van der Waals surface area contributed by atoms with Crippen molar-refractivity contribution in [3.8, 4) is 11.5 Å². The molecular weight excluding hydrogens is 464 g/mol. The van der Waals surface area contributed by atoms with Gasteiger partial charge in [-0.1, -0.05) is 29.8 Å². The van der Waals surface area contributed by atoms with Crippen molar-refractivity contribution in [2.45, 2.75) is 11.8 Å². The van der Waals surface area contributed by atoms with Gasteiger partial charge in [-0.05, 0) is 49.4 Å². The minimum Gasteiger partial charge on any atom is -0.493 e. The van der Waals surface area contributed by atoms with Crippen molar-refractivity contribution in [2.75, 3.05) is 37.0 Å². The van der Waals surface area contributed by atoms with Gasteiger partial charge in [0, 0.05) is 25.3 Å². The number of ether oxygens (including phenoxy) is 2. The van der Waals surface area contributed by atoms with Crippen LogP contribution in [0.5, 0.6) is 11.5 Å². The van der Waals surface area contributed by atoms with Gasteiger partial charge in [-0.2, -0.15) is 0 Å². The van der Waals surface area contributed by atoms with Crippen LogP contribution >= 0.6 is 11.6 Å². The number of hydrogen-bond acceptors (Lipinski definition) is 5. The van der Waals surface area contributed by atoms with Crippen LogP contribution in [0.25, 0.3) is 0 Å². The summed E-state index contributed by atoms with van der Waals surface area (Å²) in [6.45, 7) is 1.97. The van der Waals surface area contributed by atoms with E-state index in [0.29, 0.717) is 22.9 Å². The van der Waals surface area contributed by atoms with Gasteiger partial charge >= 0.3 is 0 Å². The largest absolute Gasteiger partial charge is 0.493 e. The molecule has 3 rings (SSSR count). The molecule has 9 heteroatoms. The number of amides is 1. The van der Waals surface area contributed by atoms with E-state index in [9.17, 15) is 13.2 Å². The number of carbonyl (C=O) groups excluding carboxylic acids is 1. The van der Waals surface area contributed by atoms with Gasteiger partial charge in [-0.25, -0.2) is 8.42 Å². The lowest BCUT2D eigenvalue weighted by atomic mass is 10.2. The SMILES string of the molecule is CCN(c1ccccc1)S(=O)(=O)c1ccc(Cl)c(C(=O)N(C)c2ccc(OC)c(OC)c2)c1. The summed E-state index contributed by atoms with van der Waals surface area (Å²) in [5.41, 5.74) is 1.13. The summed E-state index contributed by atoms with van der Waals surface area (Å²) in [5.74, 6) is 0.513. The highest BCUT2D eigenvalue weighted by Gasteiger charge is 2.26. The number of nitrogens with zero attached hydrogens (tertiary/aromatic N) is 2. The predicted molar refractivity (Wildman–Crippen MR) is 130 cm³/mol. The zero-order chi connectivity index (χ0) is 24.2. The minimum absolute atomic E-state index is 0.0262. The molecule has 0 unspecified atom stereocenters. The molecule has 0 atom stereocenters. The zero-order valence-electron chi connectivity index (χ0n) is 18.8. The number of sulfonamides is 1. The molecule has 0 bridgehead atoms. The van der Waals surface area contributed by atoms with E-state index in [1.807, 2.05) is 6.07 Å². The Hall–Kier alpha value is -3.23. The van der Waals surface area contributed by atoms with E-state index in [1.165, 1.54) is 41.6 Å². The van der Waals surface area contributed by atoms with Crippen LogP contribution in [0.2, 0.25) is 5.02 Å². The van der Waals surface area contributed by atoms with Crippen molar-refractivity contribution in [2.24, 2.45) is 0 Å². The van der Waals surface area contributed by atoms with Crippen LogP contribution in [0, 0.1) is 0 Å². The summed E-state index contributed by atoms with van der Waals surface area (Å²) in [6.07, 6.45) is 0. The fourth-order valence-electron chi connectivity index (χ4n) is 3.37. The maximum atomic E-state index is 13.4. The van der Waals surface area contributed by atoms with Crippen molar-refractivity contribution in [3.63, 3.8) is 0 Å². The Morgan fingerprint density at radius 3 is 2.18 bits per heavy atom. The number of methoxy groups -OCH3 is 2. The summed E-state index contributed by atoms with van der Waals surface area (Å²) in [4.78, 5) is 14.6. The lowest BCUT2D eigenvalue weighted by Gasteiger charge is -2.24. The number of hydrogen-bond donors (Lipinski definition) is 0. The van der Waals surface area contributed by atoms with Gasteiger partial charge in [0.15, 0.2) is 11.5 Å². The second-order valence-electron chi connectivity index (χ2n) is 7.05. The third-order valence-electron chi connectivity index (χ3n) is 5.15. The third-order valence-corrected chi connectivity index (χ3v) is 7.38. The molecule has 33 heavy (non-hydrogen) atoms. The molecule has 0 heterocycles. The molecule has 0 fully saturated rings. The Labute approximate surface area is 199 Å². The van der Waals surface area contributed by atoms with E-state index < -0.39 is 15.9 Å². The maximum Gasteiger partial charge on any atom is 0.264 e. The predicted octanol–water partition coefficient (Wildman–Crippen LogP) is 4.85. The normalized spacial score (nSPS) is 11.1. The highest BCUT2D eigenvalue weighted by atomic mass is 35.5. The molecule has 0 saturated heterocycles. The maximum absolute atomic E-state index is 13.4. The number of carbonyl (C=O) groups is 1. The molecule has 3 aromatic rings. The average molecular weight is 489 g/mol. The molecule has 7 nitrogen and oxygen atoms in total. The third kappa shape index (κ3) is 4.91. The van der Waals surface area contributed by atoms with Crippen molar-refractivity contribution in [1.82, 2.24) is 0 Å². The Morgan fingerprint density at radius 2 is 1.58 bits per heavy atom. The quantitative estimate of drug-likeness (QED) is 0.453. The molecule has 3 aromatic carbocycles. The average Bonchev–Trinajstić information content (AvgIpc) is 2.83. The van der Waals surface area contributed by atoms with E-state index in [2.05, 4.69) is 0 Å². The van der Waals surface area contributed by atoms with E-state index in [0.717, 1.165) is 0 Å². The number of halogens is 1. The zero-order valence-corrected chi connectivity index (χ0v) is 20.4. The Morgan fingerprint density at radius 1 is 0.909 bits per heavy atom. The fraction of sp³-hybridized carbons (Fsp3) is 0.208. The molecule has 0 spiro atoms. The molecule has 0 saturated carbocycles. The summed E-state index contributed by atoms with van der Waals surface area (Å²) in [5, 5.41) is 0.147. The van der Waals surface area contributed by atoms with E-state index in [1.54, 1.807) is 56.4 Å². The van der Waals surface area contributed by atoms with Crippen LogP contribution in [-0.4, -0.2) is 42.1 Å². The van der Waals surface area contributed by atoms with Crippen LogP contribution in [0.3, 0.4) is 0 Å². The Bertz CT molecular complexity index is 1250. The van der Waals surface area contributed by atoms with Gasteiger partial charge in [0.2, 0.25) is 0 Å². The van der Waals surface area contributed by atoms with Gasteiger partial charge in [0.25, 0.3) is 15.9 Å². The van der Waals surface area contributed by atoms with Gasteiger partial charge in [0.05, 0.1) is 35.4 Å². The van der Waals surface area contributed by atoms with E-state index >= 15 is 0 Å². The van der Waals surface area contributed by atoms with Crippen molar-refractivity contribution in [3.05, 3.63) is 77.3 Å². The van der Waals surface area contributed by atoms with Gasteiger partial charge < -0.3 is 14.4 Å². The summed E-state index contributed by atoms with van der Waals surface area (Å²) in [7, 11) is 0.675. The summed E-state index contributed by atoms with van der Waals surface area (Å²) < 4.78 is 38.6. The standard InChI is InChI=1S/C24H25ClN2O5S/c1-5-27(17-9-7-6-8-10-17)33(29,30)19-12-13-21(25)20(16-19)24(28)26(2)18-11-14-22(31-3)23(15-18)32-4/h6-16H,5H2,1-4H3. The van der Waals surface area contributed by atoms with Crippen LogP contribution in [0.1, 0.15) is 17.3 Å². The second-order valence-corrected chi connectivity index (χ2v) is 9.32. The van der Waals surface area contributed by atoms with E-state index in [-0.39, 0.29) is 22.0 Å². The monoisotopic (exact) mass is 488 g/mol. The molecule has 0 N–H and O–H groups in total. The van der Waals surface area contributed by atoms with Gasteiger partial charge in [0.1, 0.15) is 0 Å². The van der Waals surface area contributed by atoms with Crippen LogP contribution in [0.4, 0.5) is 11.4 Å². The van der Waals surface area contributed by atoms with Crippen molar-refractivity contribution >= 4 is 38.9 Å². The number of anilines is 2. The molecule has 0 radical (unpaired) electrons. The lowest BCUT2D eigenvalue weighted by Crippen LogP contribution is -2.31. The fourth-order valence-corrected chi connectivity index (χ4v) is 5.07. The van der Waals surface area contributed by atoms with Crippen molar-refractivity contribution in [1.29, 1.82) is 0 Å². The Kier molecular flexibility index (Phi) is 7.50. The van der Waals surface area contributed by atoms with Crippen LogP contribution in [0.15, 0.2) is 71.6 Å². The van der Waals surface area contributed by atoms with Gasteiger partial charge in [-0.15, -0.1) is 0 Å². The number of rotatable bonds is 8. The first-order valence-electron chi connectivity index (χ1n) is 10.1. The first-order chi connectivity index (χ1) is 15.7. The van der Waals surface area contributed by atoms with Crippen LogP contribution < -0.4 is 18.7 Å². The molecule has 0 aliphatic rings. The highest BCUT2D eigenvalue weighted by Crippen LogP contribution is 2.33. The number of para-hydroxylation sites is 1.